The fourth-order valence-corrected chi connectivity index (χ4v) is 1.89. The Balaban J connectivity index is 2.34. The molecule has 1 rings (SSSR count). The molecular formula is C13H19BrN2O2. The van der Waals surface area contributed by atoms with Gasteiger partial charge in [0.2, 0.25) is 0 Å². The summed E-state index contributed by atoms with van der Waals surface area (Å²) >= 11 is 3.46. The van der Waals surface area contributed by atoms with Crippen LogP contribution in [0.4, 0.5) is 4.79 Å². The normalized spacial score (nSPS) is 11.1. The number of carbonyl (C=O) groups excluding carboxylic acids is 1. The van der Waals surface area contributed by atoms with E-state index < -0.39 is 5.54 Å². The first-order valence-electron chi connectivity index (χ1n) is 5.85. The summed E-state index contributed by atoms with van der Waals surface area (Å²) in [6.07, 6.45) is 0.758. The van der Waals surface area contributed by atoms with Crippen molar-refractivity contribution in [2.75, 3.05) is 13.2 Å². The Labute approximate surface area is 116 Å². The van der Waals surface area contributed by atoms with E-state index >= 15 is 0 Å². The highest BCUT2D eigenvalue weighted by Crippen LogP contribution is 2.15. The quantitative estimate of drug-likeness (QED) is 0.779. The zero-order valence-corrected chi connectivity index (χ0v) is 12.3. The van der Waals surface area contributed by atoms with E-state index in [9.17, 15) is 4.79 Å². The molecule has 1 aromatic rings. The molecule has 0 unspecified atom stereocenters. The maximum atomic E-state index is 11.5. The van der Waals surface area contributed by atoms with Crippen LogP contribution in [0.15, 0.2) is 28.7 Å². The summed E-state index contributed by atoms with van der Waals surface area (Å²) < 4.78 is 1.04. The smallest absolute Gasteiger partial charge is 0.315 e. The van der Waals surface area contributed by atoms with E-state index in [1.807, 2.05) is 24.3 Å². The Kier molecular flexibility index (Phi) is 5.62. The fourth-order valence-electron chi connectivity index (χ4n) is 1.40. The first kappa shape index (κ1) is 15.0. The zero-order chi connectivity index (χ0) is 13.6. The van der Waals surface area contributed by atoms with Gasteiger partial charge in [0, 0.05) is 11.0 Å². The lowest BCUT2D eigenvalue weighted by molar-refractivity contribution is 0.182. The summed E-state index contributed by atoms with van der Waals surface area (Å²) in [5, 5.41) is 14.5. The van der Waals surface area contributed by atoms with E-state index in [2.05, 4.69) is 26.6 Å². The van der Waals surface area contributed by atoms with E-state index in [0.29, 0.717) is 6.54 Å². The molecule has 1 aromatic carbocycles. The molecule has 0 bridgehead atoms. The van der Waals surface area contributed by atoms with Crippen LogP contribution < -0.4 is 10.6 Å². The maximum absolute atomic E-state index is 11.5. The number of carbonyl (C=O) groups is 1. The van der Waals surface area contributed by atoms with E-state index in [-0.39, 0.29) is 12.6 Å². The number of benzene rings is 1. The molecule has 0 fully saturated rings. The lowest BCUT2D eigenvalue weighted by Crippen LogP contribution is -2.50. The highest BCUT2D eigenvalue weighted by atomic mass is 79.9. The summed E-state index contributed by atoms with van der Waals surface area (Å²) in [4.78, 5) is 11.5. The SMILES string of the molecule is CC(C)(CO)NC(=O)NCCc1ccccc1Br. The molecule has 3 N–H and O–H groups in total. The van der Waals surface area contributed by atoms with Gasteiger partial charge in [-0.15, -0.1) is 0 Å². The molecule has 0 aliphatic carbocycles. The molecule has 0 aliphatic rings. The van der Waals surface area contributed by atoms with Crippen LogP contribution in [0, 0.1) is 0 Å². The average Bonchev–Trinajstić information content (AvgIpc) is 2.31. The van der Waals surface area contributed by atoms with Gasteiger partial charge in [-0.25, -0.2) is 4.79 Å². The first-order chi connectivity index (χ1) is 8.44. The minimum atomic E-state index is -0.600. The van der Waals surface area contributed by atoms with Crippen molar-refractivity contribution in [3.63, 3.8) is 0 Å². The third kappa shape index (κ3) is 5.06. The molecule has 0 aromatic heterocycles. The number of aliphatic hydroxyl groups excluding tert-OH is 1. The van der Waals surface area contributed by atoms with E-state index in [0.717, 1.165) is 16.5 Å². The number of nitrogens with one attached hydrogen (secondary N) is 2. The van der Waals surface area contributed by atoms with Crippen LogP contribution in [0.2, 0.25) is 0 Å². The third-order valence-electron chi connectivity index (χ3n) is 2.48. The van der Waals surface area contributed by atoms with Gasteiger partial charge in [0.05, 0.1) is 12.1 Å². The summed E-state index contributed by atoms with van der Waals surface area (Å²) in [6, 6.07) is 7.65. The molecule has 0 saturated carbocycles. The van der Waals surface area contributed by atoms with Crippen LogP contribution >= 0.6 is 15.9 Å². The Morgan fingerprint density at radius 3 is 2.67 bits per heavy atom. The van der Waals surface area contributed by atoms with Gasteiger partial charge in [-0.05, 0) is 31.9 Å². The van der Waals surface area contributed by atoms with E-state index in [4.69, 9.17) is 5.11 Å². The summed E-state index contributed by atoms with van der Waals surface area (Å²) in [7, 11) is 0. The van der Waals surface area contributed by atoms with Crippen LogP contribution in [0.3, 0.4) is 0 Å². The van der Waals surface area contributed by atoms with Crippen molar-refractivity contribution < 1.29 is 9.90 Å². The minimum absolute atomic E-state index is 0.0926. The van der Waals surface area contributed by atoms with Crippen LogP contribution in [-0.4, -0.2) is 29.8 Å². The largest absolute Gasteiger partial charge is 0.394 e. The number of amides is 2. The van der Waals surface area contributed by atoms with Crippen LogP contribution in [0.25, 0.3) is 0 Å². The first-order valence-corrected chi connectivity index (χ1v) is 6.64. The Hall–Kier alpha value is -1.07. The van der Waals surface area contributed by atoms with Crippen molar-refractivity contribution in [3.8, 4) is 0 Å². The Morgan fingerprint density at radius 2 is 2.06 bits per heavy atom. The van der Waals surface area contributed by atoms with Crippen molar-refractivity contribution in [2.24, 2.45) is 0 Å². The topological polar surface area (TPSA) is 61.4 Å². The number of halogens is 1. The van der Waals surface area contributed by atoms with Gasteiger partial charge in [0.1, 0.15) is 0 Å². The molecule has 5 heteroatoms. The van der Waals surface area contributed by atoms with Gasteiger partial charge in [0.25, 0.3) is 0 Å². The minimum Gasteiger partial charge on any atom is -0.394 e. The predicted molar refractivity (Wildman–Crippen MR) is 75.5 cm³/mol. The van der Waals surface area contributed by atoms with Crippen LogP contribution in [0.5, 0.6) is 0 Å². The van der Waals surface area contributed by atoms with Crippen molar-refractivity contribution in [2.45, 2.75) is 25.8 Å². The van der Waals surface area contributed by atoms with Gasteiger partial charge in [-0.2, -0.15) is 0 Å². The average molecular weight is 315 g/mol. The standard InChI is InChI=1S/C13H19BrN2O2/c1-13(2,9-17)16-12(18)15-8-7-10-5-3-4-6-11(10)14/h3-6,17H,7-9H2,1-2H3,(H2,15,16,18). The number of rotatable bonds is 5. The van der Waals surface area contributed by atoms with Crippen molar-refractivity contribution in [1.29, 1.82) is 0 Å². The molecule has 0 spiro atoms. The Bertz CT molecular complexity index is 408. The lowest BCUT2D eigenvalue weighted by Gasteiger charge is -2.23. The summed E-state index contributed by atoms with van der Waals surface area (Å²) in [5.41, 5.74) is 0.552. The molecule has 2 amide bonds. The second kappa shape index (κ2) is 6.75. The lowest BCUT2D eigenvalue weighted by atomic mass is 10.1. The highest BCUT2D eigenvalue weighted by molar-refractivity contribution is 9.10. The molecule has 4 nitrogen and oxygen atoms in total. The van der Waals surface area contributed by atoms with Crippen LogP contribution in [0.1, 0.15) is 19.4 Å². The summed E-state index contributed by atoms with van der Waals surface area (Å²) in [5.74, 6) is 0. The molecule has 0 heterocycles. The second-order valence-corrected chi connectivity index (χ2v) is 5.62. The molecule has 0 atom stereocenters. The monoisotopic (exact) mass is 314 g/mol. The second-order valence-electron chi connectivity index (χ2n) is 4.76. The Morgan fingerprint density at radius 1 is 1.39 bits per heavy atom. The molecule has 0 aliphatic heterocycles. The number of hydrogen-bond acceptors (Lipinski definition) is 2. The maximum Gasteiger partial charge on any atom is 0.315 e. The molecule has 100 valence electrons. The van der Waals surface area contributed by atoms with Gasteiger partial charge >= 0.3 is 6.03 Å². The van der Waals surface area contributed by atoms with Gasteiger partial charge in [-0.1, -0.05) is 34.1 Å². The van der Waals surface area contributed by atoms with E-state index in [1.54, 1.807) is 13.8 Å². The van der Waals surface area contributed by atoms with Crippen LogP contribution in [-0.2, 0) is 6.42 Å². The molecular weight excluding hydrogens is 296 g/mol. The van der Waals surface area contributed by atoms with E-state index in [1.165, 1.54) is 0 Å². The van der Waals surface area contributed by atoms with Crippen molar-refractivity contribution in [3.05, 3.63) is 34.3 Å². The predicted octanol–water partition coefficient (Wildman–Crippen LogP) is 2.06. The van der Waals surface area contributed by atoms with Gasteiger partial charge in [-0.3, -0.25) is 0 Å². The fraction of sp³-hybridized carbons (Fsp3) is 0.462. The zero-order valence-electron chi connectivity index (χ0n) is 10.7. The molecule has 18 heavy (non-hydrogen) atoms. The highest BCUT2D eigenvalue weighted by Gasteiger charge is 2.18. The third-order valence-corrected chi connectivity index (χ3v) is 3.26. The summed E-state index contributed by atoms with van der Waals surface area (Å²) in [6.45, 7) is 3.99. The van der Waals surface area contributed by atoms with Crippen molar-refractivity contribution >= 4 is 22.0 Å². The number of hydrogen-bond donors (Lipinski definition) is 3. The van der Waals surface area contributed by atoms with Gasteiger partial charge < -0.3 is 15.7 Å². The number of urea groups is 1. The number of aliphatic hydroxyl groups is 1. The molecule has 0 radical (unpaired) electrons. The van der Waals surface area contributed by atoms with Gasteiger partial charge in [0.15, 0.2) is 0 Å². The molecule has 0 saturated heterocycles. The van der Waals surface area contributed by atoms with Crippen molar-refractivity contribution in [1.82, 2.24) is 10.6 Å².